The molecule has 0 aromatic heterocycles. The van der Waals surface area contributed by atoms with Crippen LogP contribution in [-0.2, 0) is 14.3 Å². The number of hydrogen-bond acceptors (Lipinski definition) is 3. The molecule has 1 saturated heterocycles. The molecule has 0 aliphatic carbocycles. The Bertz CT molecular complexity index is 213. The summed E-state index contributed by atoms with van der Waals surface area (Å²) in [6.45, 7) is 3.80. The summed E-state index contributed by atoms with van der Waals surface area (Å²) in [7, 11) is 0. The van der Waals surface area contributed by atoms with Crippen LogP contribution >= 0.6 is 11.6 Å². The molecule has 0 spiro atoms. The zero-order chi connectivity index (χ0) is 10.1. The van der Waals surface area contributed by atoms with E-state index in [0.717, 1.165) is 0 Å². The van der Waals surface area contributed by atoms with Crippen LogP contribution in [0.4, 0.5) is 0 Å². The SMILES string of the molecule is CCC1(CC)CC(=O)C(Cl)C(=O)O1. The Morgan fingerprint density at radius 3 is 2.38 bits per heavy atom. The largest absolute Gasteiger partial charge is 0.457 e. The predicted molar refractivity (Wildman–Crippen MR) is 48.7 cm³/mol. The maximum Gasteiger partial charge on any atom is 0.332 e. The molecule has 0 aromatic carbocycles. The van der Waals surface area contributed by atoms with Gasteiger partial charge in [0.1, 0.15) is 5.60 Å². The molecule has 1 aliphatic rings. The number of rotatable bonds is 2. The molecule has 1 fully saturated rings. The first-order chi connectivity index (χ1) is 6.04. The summed E-state index contributed by atoms with van der Waals surface area (Å²) < 4.78 is 5.16. The Labute approximate surface area is 82.4 Å². The Morgan fingerprint density at radius 1 is 1.46 bits per heavy atom. The van der Waals surface area contributed by atoms with Crippen LogP contribution in [0.3, 0.4) is 0 Å². The summed E-state index contributed by atoms with van der Waals surface area (Å²) in [6, 6.07) is 0. The highest BCUT2D eigenvalue weighted by Gasteiger charge is 2.43. The minimum Gasteiger partial charge on any atom is -0.457 e. The van der Waals surface area contributed by atoms with E-state index < -0.39 is 16.9 Å². The molecule has 1 aliphatic heterocycles. The van der Waals surface area contributed by atoms with Gasteiger partial charge in [0.15, 0.2) is 11.2 Å². The van der Waals surface area contributed by atoms with Gasteiger partial charge >= 0.3 is 5.97 Å². The van der Waals surface area contributed by atoms with Gasteiger partial charge in [-0.15, -0.1) is 11.6 Å². The van der Waals surface area contributed by atoms with Crippen molar-refractivity contribution in [1.82, 2.24) is 0 Å². The zero-order valence-corrected chi connectivity index (χ0v) is 8.56. The van der Waals surface area contributed by atoms with E-state index in [1.165, 1.54) is 0 Å². The van der Waals surface area contributed by atoms with E-state index in [4.69, 9.17) is 16.3 Å². The minimum atomic E-state index is -1.09. The van der Waals surface area contributed by atoms with Gasteiger partial charge < -0.3 is 4.74 Å². The molecule has 4 heteroatoms. The molecule has 0 saturated carbocycles. The first-order valence-electron chi connectivity index (χ1n) is 4.44. The molecular weight excluding hydrogens is 192 g/mol. The quantitative estimate of drug-likeness (QED) is 0.391. The minimum absolute atomic E-state index is 0.221. The molecule has 1 rings (SSSR count). The lowest BCUT2D eigenvalue weighted by Crippen LogP contribution is -2.47. The predicted octanol–water partition coefficient (Wildman–Crippen LogP) is 1.67. The van der Waals surface area contributed by atoms with Crippen molar-refractivity contribution >= 4 is 23.4 Å². The first-order valence-corrected chi connectivity index (χ1v) is 4.88. The molecule has 1 heterocycles. The maximum absolute atomic E-state index is 11.3. The van der Waals surface area contributed by atoms with E-state index in [9.17, 15) is 9.59 Å². The average Bonchev–Trinajstić information content (AvgIpc) is 2.13. The molecule has 1 unspecified atom stereocenters. The molecule has 0 radical (unpaired) electrons. The molecule has 1 atom stereocenters. The fraction of sp³-hybridized carbons (Fsp3) is 0.778. The van der Waals surface area contributed by atoms with Gasteiger partial charge in [0.05, 0.1) is 0 Å². The van der Waals surface area contributed by atoms with E-state index in [-0.39, 0.29) is 12.2 Å². The molecule has 0 bridgehead atoms. The van der Waals surface area contributed by atoms with Crippen LogP contribution in [0.2, 0.25) is 0 Å². The number of ketones is 1. The van der Waals surface area contributed by atoms with Gasteiger partial charge in [-0.3, -0.25) is 4.79 Å². The fourth-order valence-electron chi connectivity index (χ4n) is 1.48. The van der Waals surface area contributed by atoms with Gasteiger partial charge in [0.2, 0.25) is 0 Å². The fourth-order valence-corrected chi connectivity index (χ4v) is 1.61. The third kappa shape index (κ3) is 1.85. The molecule has 13 heavy (non-hydrogen) atoms. The third-order valence-corrected chi connectivity index (χ3v) is 3.01. The van der Waals surface area contributed by atoms with E-state index in [1.807, 2.05) is 13.8 Å². The summed E-state index contributed by atoms with van der Waals surface area (Å²) in [5, 5.41) is -1.09. The van der Waals surface area contributed by atoms with Gasteiger partial charge in [0, 0.05) is 6.42 Å². The van der Waals surface area contributed by atoms with Crippen molar-refractivity contribution in [1.29, 1.82) is 0 Å². The van der Waals surface area contributed by atoms with Crippen molar-refractivity contribution in [2.24, 2.45) is 0 Å². The van der Waals surface area contributed by atoms with Crippen LogP contribution in [0, 0.1) is 0 Å². The smallest absolute Gasteiger partial charge is 0.332 e. The first kappa shape index (κ1) is 10.5. The van der Waals surface area contributed by atoms with E-state index in [1.54, 1.807) is 0 Å². The molecule has 3 nitrogen and oxygen atoms in total. The second-order valence-corrected chi connectivity index (χ2v) is 3.75. The Morgan fingerprint density at radius 2 is 2.00 bits per heavy atom. The Balaban J connectivity index is 2.83. The van der Waals surface area contributed by atoms with Crippen molar-refractivity contribution < 1.29 is 14.3 Å². The van der Waals surface area contributed by atoms with E-state index >= 15 is 0 Å². The van der Waals surface area contributed by atoms with Crippen LogP contribution in [-0.4, -0.2) is 22.7 Å². The molecule has 74 valence electrons. The number of Topliss-reactive ketones (excluding diaryl/α,β-unsaturated/α-hetero) is 1. The average molecular weight is 205 g/mol. The second-order valence-electron chi connectivity index (χ2n) is 3.32. The number of carbonyl (C=O) groups excluding carboxylic acids is 2. The summed E-state index contributed by atoms with van der Waals surface area (Å²) in [5.74, 6) is -0.816. The zero-order valence-electron chi connectivity index (χ0n) is 7.80. The highest BCUT2D eigenvalue weighted by molar-refractivity contribution is 6.41. The van der Waals surface area contributed by atoms with Crippen molar-refractivity contribution in [3.8, 4) is 0 Å². The summed E-state index contributed by atoms with van der Waals surface area (Å²) >= 11 is 5.53. The maximum atomic E-state index is 11.3. The normalized spacial score (nSPS) is 27.2. The van der Waals surface area contributed by atoms with Crippen LogP contribution in [0.5, 0.6) is 0 Å². The van der Waals surface area contributed by atoms with Gasteiger partial charge in [-0.05, 0) is 12.8 Å². The van der Waals surface area contributed by atoms with Crippen LogP contribution in [0.15, 0.2) is 0 Å². The number of ether oxygens (including phenoxy) is 1. The standard InChI is InChI=1S/C9H13ClO3/c1-3-9(4-2)5-6(11)7(10)8(12)13-9/h7H,3-5H2,1-2H3. The molecule has 0 aromatic rings. The van der Waals surface area contributed by atoms with Gasteiger partial charge in [-0.1, -0.05) is 13.8 Å². The number of carbonyl (C=O) groups is 2. The summed E-state index contributed by atoms with van der Waals surface area (Å²) in [6.07, 6.45) is 1.56. The van der Waals surface area contributed by atoms with Crippen molar-refractivity contribution in [2.75, 3.05) is 0 Å². The van der Waals surface area contributed by atoms with Crippen LogP contribution in [0.1, 0.15) is 33.1 Å². The van der Waals surface area contributed by atoms with E-state index in [2.05, 4.69) is 0 Å². The third-order valence-electron chi connectivity index (χ3n) is 2.59. The van der Waals surface area contributed by atoms with Gasteiger partial charge in [-0.2, -0.15) is 0 Å². The Hall–Kier alpha value is -0.570. The second kappa shape index (κ2) is 3.66. The molecule has 0 amide bonds. The number of alkyl halides is 1. The van der Waals surface area contributed by atoms with Gasteiger partial charge in [-0.25, -0.2) is 4.79 Å². The van der Waals surface area contributed by atoms with Crippen molar-refractivity contribution in [3.05, 3.63) is 0 Å². The highest BCUT2D eigenvalue weighted by Crippen LogP contribution is 2.31. The van der Waals surface area contributed by atoms with Crippen LogP contribution in [0.25, 0.3) is 0 Å². The summed E-state index contributed by atoms with van der Waals surface area (Å²) in [4.78, 5) is 22.5. The number of halogens is 1. The van der Waals surface area contributed by atoms with E-state index in [0.29, 0.717) is 12.8 Å². The monoisotopic (exact) mass is 204 g/mol. The number of cyclic esters (lactones) is 1. The molecular formula is C9H13ClO3. The van der Waals surface area contributed by atoms with Crippen molar-refractivity contribution in [2.45, 2.75) is 44.1 Å². The number of esters is 1. The lowest BCUT2D eigenvalue weighted by molar-refractivity contribution is -0.170. The summed E-state index contributed by atoms with van der Waals surface area (Å²) in [5.41, 5.74) is -0.598. The molecule has 0 N–H and O–H groups in total. The van der Waals surface area contributed by atoms with Gasteiger partial charge in [0.25, 0.3) is 0 Å². The Kier molecular flexibility index (Phi) is 2.96. The number of hydrogen-bond donors (Lipinski definition) is 0. The topological polar surface area (TPSA) is 43.4 Å². The lowest BCUT2D eigenvalue weighted by atomic mass is 9.88. The van der Waals surface area contributed by atoms with Crippen LogP contribution < -0.4 is 0 Å². The lowest BCUT2D eigenvalue weighted by Gasteiger charge is -2.35. The van der Waals surface area contributed by atoms with Crippen molar-refractivity contribution in [3.63, 3.8) is 0 Å². The highest BCUT2D eigenvalue weighted by atomic mass is 35.5.